The zero-order chi connectivity index (χ0) is 38.4. The van der Waals surface area contributed by atoms with E-state index in [4.69, 9.17) is 0 Å². The zero-order valence-corrected chi connectivity index (χ0v) is 34.4. The van der Waals surface area contributed by atoms with Crippen molar-refractivity contribution in [3.8, 4) is 33.4 Å². The van der Waals surface area contributed by atoms with E-state index in [1.165, 1.54) is 127 Å². The van der Waals surface area contributed by atoms with Gasteiger partial charge >= 0.3 is 0 Å². The first kappa shape index (κ1) is 34.0. The molecule has 5 fully saturated rings. The standard InChI is InChI=1S/C57H55N/c1-55(2)49-18-7-4-14-43(49)46-25-23-41(33-52(46)55)58(42-24-26-47-44-15-5-8-19-50(44)56(53(47)34-42)27-10-3-11-28-56)35-38-13-12-17-48-45-16-6-9-20-51(45)57(54(38)48)39-22-21-36-29-37(31-39)32-40(57)30-36/h4-9,12-20,23-26,33-34,36-37,39-40H,3,10-11,21-22,27-32,35H2,1-2H3. The summed E-state index contributed by atoms with van der Waals surface area (Å²) in [6.07, 6.45) is 15.0. The van der Waals surface area contributed by atoms with Crippen LogP contribution in [0.5, 0.6) is 0 Å². The molecule has 4 bridgehead atoms. The molecule has 2 spiro atoms. The minimum Gasteiger partial charge on any atom is -0.337 e. The molecule has 58 heavy (non-hydrogen) atoms. The van der Waals surface area contributed by atoms with Crippen LogP contribution in [0.2, 0.25) is 0 Å². The summed E-state index contributed by atoms with van der Waals surface area (Å²) in [4.78, 5) is 2.75. The summed E-state index contributed by atoms with van der Waals surface area (Å²) in [7, 11) is 0. The Bertz CT molecular complexity index is 2660. The van der Waals surface area contributed by atoms with Gasteiger partial charge < -0.3 is 4.90 Å². The fourth-order valence-electron chi connectivity index (χ4n) is 15.2. The predicted octanol–water partition coefficient (Wildman–Crippen LogP) is 14.7. The Balaban J connectivity index is 1.02. The molecule has 0 aromatic heterocycles. The highest BCUT2D eigenvalue weighted by Crippen LogP contribution is 2.68. The molecule has 0 saturated heterocycles. The average molecular weight is 754 g/mol. The number of anilines is 2. The molecule has 288 valence electrons. The fraction of sp³-hybridized carbons (Fsp3) is 0.368. The Morgan fingerprint density at radius 2 is 1.07 bits per heavy atom. The van der Waals surface area contributed by atoms with E-state index in [1.54, 1.807) is 27.8 Å². The van der Waals surface area contributed by atoms with Gasteiger partial charge in [0.25, 0.3) is 0 Å². The van der Waals surface area contributed by atoms with Crippen molar-refractivity contribution in [2.24, 2.45) is 23.7 Å². The molecule has 6 aromatic rings. The van der Waals surface area contributed by atoms with Crippen LogP contribution in [0.4, 0.5) is 11.4 Å². The van der Waals surface area contributed by atoms with Crippen LogP contribution in [0, 0.1) is 23.7 Å². The second-order valence-corrected chi connectivity index (χ2v) is 20.3. The van der Waals surface area contributed by atoms with Gasteiger partial charge in [0.2, 0.25) is 0 Å². The highest BCUT2D eigenvalue weighted by molar-refractivity contribution is 5.87. The van der Waals surface area contributed by atoms with Gasteiger partial charge in [0.1, 0.15) is 0 Å². The molecule has 6 aromatic carbocycles. The maximum absolute atomic E-state index is 2.75. The van der Waals surface area contributed by atoms with Gasteiger partial charge in [0.05, 0.1) is 0 Å². The minimum atomic E-state index is -0.0579. The Morgan fingerprint density at radius 3 is 1.84 bits per heavy atom. The van der Waals surface area contributed by atoms with E-state index in [1.807, 2.05) is 0 Å². The van der Waals surface area contributed by atoms with Crippen LogP contribution in [0.3, 0.4) is 0 Å². The average Bonchev–Trinajstić information content (AvgIpc) is 3.71. The van der Waals surface area contributed by atoms with Gasteiger partial charge in [0.15, 0.2) is 0 Å². The first-order chi connectivity index (χ1) is 28.4. The van der Waals surface area contributed by atoms with Crippen LogP contribution in [0.15, 0.2) is 127 Å². The summed E-state index contributed by atoms with van der Waals surface area (Å²) in [5, 5.41) is 0. The van der Waals surface area contributed by atoms with Gasteiger partial charge in [0, 0.05) is 34.2 Å². The largest absolute Gasteiger partial charge is 0.337 e. The Labute approximate surface area is 345 Å². The van der Waals surface area contributed by atoms with Crippen molar-refractivity contribution >= 4 is 11.4 Å². The lowest BCUT2D eigenvalue weighted by Crippen LogP contribution is -2.48. The van der Waals surface area contributed by atoms with Gasteiger partial charge in [-0.25, -0.2) is 0 Å². The lowest BCUT2D eigenvalue weighted by Gasteiger charge is -2.53. The molecule has 0 radical (unpaired) electrons. The van der Waals surface area contributed by atoms with Gasteiger partial charge in [-0.2, -0.15) is 0 Å². The summed E-state index contributed by atoms with van der Waals surface area (Å²) >= 11 is 0. The highest BCUT2D eigenvalue weighted by Gasteiger charge is 2.60. The second-order valence-electron chi connectivity index (χ2n) is 20.3. The Morgan fingerprint density at radius 1 is 0.483 bits per heavy atom. The van der Waals surface area contributed by atoms with E-state index < -0.39 is 0 Å². The van der Waals surface area contributed by atoms with Crippen LogP contribution in [-0.2, 0) is 22.8 Å². The lowest BCUT2D eigenvalue weighted by atomic mass is 9.50. The summed E-state index contributed by atoms with van der Waals surface area (Å²) in [6.45, 7) is 5.74. The maximum atomic E-state index is 2.75. The third kappa shape index (κ3) is 4.39. The zero-order valence-electron chi connectivity index (χ0n) is 34.4. The van der Waals surface area contributed by atoms with Gasteiger partial charge in [-0.1, -0.05) is 143 Å². The first-order valence-electron chi connectivity index (χ1n) is 22.9. The molecular weight excluding hydrogens is 699 g/mol. The number of rotatable bonds is 4. The minimum absolute atomic E-state index is 0.0579. The van der Waals surface area contributed by atoms with Crippen molar-refractivity contribution in [2.45, 2.75) is 107 Å². The molecule has 0 amide bonds. The van der Waals surface area contributed by atoms with Gasteiger partial charge in [-0.15, -0.1) is 0 Å². The summed E-state index contributed by atoms with van der Waals surface area (Å²) in [6, 6.07) is 50.7. The molecule has 5 saturated carbocycles. The summed E-state index contributed by atoms with van der Waals surface area (Å²) < 4.78 is 0. The molecular formula is C57H55N. The number of nitrogens with zero attached hydrogens (tertiary/aromatic N) is 1. The van der Waals surface area contributed by atoms with Crippen molar-refractivity contribution in [1.29, 1.82) is 0 Å². The van der Waals surface area contributed by atoms with Crippen molar-refractivity contribution in [3.63, 3.8) is 0 Å². The van der Waals surface area contributed by atoms with E-state index in [9.17, 15) is 0 Å². The van der Waals surface area contributed by atoms with Gasteiger partial charge in [-0.3, -0.25) is 0 Å². The topological polar surface area (TPSA) is 3.24 Å². The molecule has 1 nitrogen and oxygen atoms in total. The lowest BCUT2D eigenvalue weighted by molar-refractivity contribution is 0.0613. The van der Waals surface area contributed by atoms with Crippen LogP contribution in [0.25, 0.3) is 33.4 Å². The van der Waals surface area contributed by atoms with Crippen molar-refractivity contribution in [3.05, 3.63) is 166 Å². The number of hydrogen-bond acceptors (Lipinski definition) is 1. The van der Waals surface area contributed by atoms with Gasteiger partial charge in [-0.05, 0) is 165 Å². The predicted molar refractivity (Wildman–Crippen MR) is 240 cm³/mol. The SMILES string of the molecule is CC1(C)c2ccccc2-c2ccc(N(Cc3cccc4c3C3(c5ccccc5-4)C4CCC5CC(C4)CC3C5)c3ccc4c(c3)C3(CCCCC3)c3ccccc3-4)cc21. The molecule has 8 aliphatic carbocycles. The summed E-state index contributed by atoms with van der Waals surface area (Å²) in [5.41, 5.74) is 22.5. The van der Waals surface area contributed by atoms with Crippen molar-refractivity contribution < 1.29 is 0 Å². The van der Waals surface area contributed by atoms with E-state index in [-0.39, 0.29) is 16.2 Å². The van der Waals surface area contributed by atoms with E-state index >= 15 is 0 Å². The van der Waals surface area contributed by atoms with Crippen LogP contribution >= 0.6 is 0 Å². The Hall–Kier alpha value is -4.88. The molecule has 0 heterocycles. The molecule has 8 aliphatic rings. The highest BCUT2D eigenvalue weighted by atomic mass is 15.1. The monoisotopic (exact) mass is 753 g/mol. The molecule has 1 heteroatoms. The quantitative estimate of drug-likeness (QED) is 0.173. The molecule has 14 rings (SSSR count). The number of benzene rings is 6. The number of fused-ring (bicyclic) bond motifs is 12. The van der Waals surface area contributed by atoms with Crippen LogP contribution in [0.1, 0.15) is 123 Å². The molecule has 5 unspecified atom stereocenters. The van der Waals surface area contributed by atoms with Crippen molar-refractivity contribution in [1.82, 2.24) is 0 Å². The smallest absolute Gasteiger partial charge is 0.0485 e. The van der Waals surface area contributed by atoms with E-state index in [0.29, 0.717) is 0 Å². The molecule has 0 aliphatic heterocycles. The third-order valence-electron chi connectivity index (χ3n) is 17.4. The normalized spacial score (nSPS) is 26.8. The Kier molecular flexibility index (Phi) is 7.10. The fourth-order valence-corrected chi connectivity index (χ4v) is 15.2. The molecule has 5 atom stereocenters. The van der Waals surface area contributed by atoms with Crippen LogP contribution < -0.4 is 4.90 Å². The summed E-state index contributed by atoms with van der Waals surface area (Å²) in [5.74, 6) is 3.29. The third-order valence-corrected chi connectivity index (χ3v) is 17.4. The van der Waals surface area contributed by atoms with E-state index in [2.05, 4.69) is 146 Å². The van der Waals surface area contributed by atoms with Crippen LogP contribution in [-0.4, -0.2) is 0 Å². The maximum Gasteiger partial charge on any atom is 0.0485 e. The number of hydrogen-bond donors (Lipinski definition) is 0. The molecule has 0 N–H and O–H groups in total. The second kappa shape index (κ2) is 12.1. The van der Waals surface area contributed by atoms with Crippen molar-refractivity contribution in [2.75, 3.05) is 4.90 Å². The van der Waals surface area contributed by atoms with E-state index in [0.717, 1.165) is 30.2 Å². The first-order valence-corrected chi connectivity index (χ1v) is 22.9.